The van der Waals surface area contributed by atoms with Gasteiger partial charge in [0.25, 0.3) is 0 Å². The molecular formula is C10H20O3. The molecule has 1 unspecified atom stereocenters. The van der Waals surface area contributed by atoms with Crippen LogP contribution in [0.25, 0.3) is 0 Å². The average Bonchev–Trinajstić information content (AvgIpc) is 2.51. The van der Waals surface area contributed by atoms with Gasteiger partial charge in [0.1, 0.15) is 0 Å². The van der Waals surface area contributed by atoms with Crippen LogP contribution >= 0.6 is 0 Å². The van der Waals surface area contributed by atoms with Crippen molar-refractivity contribution in [3.8, 4) is 0 Å². The van der Waals surface area contributed by atoms with Crippen LogP contribution in [0.4, 0.5) is 0 Å². The summed E-state index contributed by atoms with van der Waals surface area (Å²) in [6.07, 6.45) is 4.96. The highest BCUT2D eigenvalue weighted by Crippen LogP contribution is 2.33. The van der Waals surface area contributed by atoms with Crippen molar-refractivity contribution in [2.24, 2.45) is 0 Å². The predicted octanol–water partition coefficient (Wildman–Crippen LogP) is 1.08. The molecule has 1 aliphatic rings. The Morgan fingerprint density at radius 3 is 2.54 bits per heavy atom. The van der Waals surface area contributed by atoms with Crippen LogP contribution in [-0.4, -0.2) is 35.6 Å². The molecule has 1 fully saturated rings. The van der Waals surface area contributed by atoms with Gasteiger partial charge in [-0.2, -0.15) is 0 Å². The van der Waals surface area contributed by atoms with Gasteiger partial charge in [-0.25, -0.2) is 0 Å². The SMILES string of the molecule is COCC(O)CCC1(O)CCCC1. The van der Waals surface area contributed by atoms with Crippen molar-refractivity contribution in [3.05, 3.63) is 0 Å². The Labute approximate surface area is 79.7 Å². The topological polar surface area (TPSA) is 49.7 Å². The minimum atomic E-state index is -0.491. The van der Waals surface area contributed by atoms with E-state index >= 15 is 0 Å². The number of aliphatic hydroxyl groups is 2. The van der Waals surface area contributed by atoms with E-state index in [2.05, 4.69) is 0 Å². The second-order valence-corrected chi connectivity index (χ2v) is 4.08. The summed E-state index contributed by atoms with van der Waals surface area (Å²) in [6.45, 7) is 0.371. The summed E-state index contributed by atoms with van der Waals surface area (Å²) in [7, 11) is 1.58. The molecule has 0 amide bonds. The van der Waals surface area contributed by atoms with Crippen LogP contribution in [-0.2, 0) is 4.74 Å². The first kappa shape index (κ1) is 11.0. The monoisotopic (exact) mass is 188 g/mol. The van der Waals surface area contributed by atoms with Crippen molar-refractivity contribution in [2.75, 3.05) is 13.7 Å². The van der Waals surface area contributed by atoms with Crippen molar-refractivity contribution >= 4 is 0 Å². The summed E-state index contributed by atoms with van der Waals surface area (Å²) in [5.41, 5.74) is -0.491. The second kappa shape index (κ2) is 4.94. The lowest BCUT2D eigenvalue weighted by Crippen LogP contribution is -2.27. The zero-order valence-corrected chi connectivity index (χ0v) is 8.33. The summed E-state index contributed by atoms with van der Waals surface area (Å²) < 4.78 is 4.82. The molecule has 0 bridgehead atoms. The largest absolute Gasteiger partial charge is 0.391 e. The summed E-state index contributed by atoms with van der Waals surface area (Å²) in [5.74, 6) is 0. The van der Waals surface area contributed by atoms with Crippen LogP contribution in [0, 0.1) is 0 Å². The molecule has 13 heavy (non-hydrogen) atoms. The number of hydrogen-bond donors (Lipinski definition) is 2. The molecule has 0 heterocycles. The molecular weight excluding hydrogens is 168 g/mol. The molecule has 0 saturated heterocycles. The third-order valence-electron chi connectivity index (χ3n) is 2.84. The van der Waals surface area contributed by atoms with Gasteiger partial charge in [0.2, 0.25) is 0 Å². The highest BCUT2D eigenvalue weighted by Gasteiger charge is 2.30. The van der Waals surface area contributed by atoms with E-state index in [-0.39, 0.29) is 0 Å². The Balaban J connectivity index is 2.17. The fraction of sp³-hybridized carbons (Fsp3) is 1.00. The van der Waals surface area contributed by atoms with Crippen LogP contribution in [0.15, 0.2) is 0 Å². The fourth-order valence-corrected chi connectivity index (χ4v) is 1.99. The maximum absolute atomic E-state index is 9.96. The molecule has 0 aliphatic heterocycles. The molecule has 78 valence electrons. The van der Waals surface area contributed by atoms with E-state index in [1.165, 1.54) is 0 Å². The summed E-state index contributed by atoms with van der Waals surface area (Å²) in [4.78, 5) is 0. The first-order valence-corrected chi connectivity index (χ1v) is 5.06. The summed E-state index contributed by atoms with van der Waals surface area (Å²) in [6, 6.07) is 0. The first-order chi connectivity index (χ1) is 6.16. The number of ether oxygens (including phenoxy) is 1. The van der Waals surface area contributed by atoms with Gasteiger partial charge in [-0.05, 0) is 25.7 Å². The Bertz CT molecular complexity index is 141. The molecule has 2 N–H and O–H groups in total. The van der Waals surface area contributed by atoms with Crippen molar-refractivity contribution in [3.63, 3.8) is 0 Å². The van der Waals surface area contributed by atoms with Crippen molar-refractivity contribution in [2.45, 2.75) is 50.2 Å². The molecule has 1 atom stereocenters. The first-order valence-electron chi connectivity index (χ1n) is 5.06. The highest BCUT2D eigenvalue weighted by atomic mass is 16.5. The van der Waals surface area contributed by atoms with Gasteiger partial charge in [0.05, 0.1) is 18.3 Å². The third-order valence-corrected chi connectivity index (χ3v) is 2.84. The van der Waals surface area contributed by atoms with Crippen molar-refractivity contribution in [1.82, 2.24) is 0 Å². The van der Waals surface area contributed by atoms with Crippen molar-refractivity contribution < 1.29 is 14.9 Å². The van der Waals surface area contributed by atoms with Crippen LogP contribution in [0.2, 0.25) is 0 Å². The summed E-state index contributed by atoms with van der Waals surface area (Å²) >= 11 is 0. The van der Waals surface area contributed by atoms with Gasteiger partial charge in [-0.1, -0.05) is 12.8 Å². The van der Waals surface area contributed by atoms with Crippen LogP contribution in [0.1, 0.15) is 38.5 Å². The minimum absolute atomic E-state index is 0.371. The van der Waals surface area contributed by atoms with Gasteiger partial charge >= 0.3 is 0 Å². The number of rotatable bonds is 5. The number of hydrogen-bond acceptors (Lipinski definition) is 3. The molecule has 0 aromatic heterocycles. The lowest BCUT2D eigenvalue weighted by atomic mass is 9.94. The Kier molecular flexibility index (Phi) is 4.16. The fourth-order valence-electron chi connectivity index (χ4n) is 1.99. The number of methoxy groups -OCH3 is 1. The molecule has 1 saturated carbocycles. The smallest absolute Gasteiger partial charge is 0.0774 e. The van der Waals surface area contributed by atoms with E-state index in [1.807, 2.05) is 0 Å². The van der Waals surface area contributed by atoms with Crippen LogP contribution < -0.4 is 0 Å². The molecule has 0 radical (unpaired) electrons. The maximum atomic E-state index is 9.96. The van der Waals surface area contributed by atoms with Crippen LogP contribution in [0.3, 0.4) is 0 Å². The Hall–Kier alpha value is -0.120. The van der Waals surface area contributed by atoms with E-state index in [1.54, 1.807) is 7.11 Å². The second-order valence-electron chi connectivity index (χ2n) is 4.08. The van der Waals surface area contributed by atoms with E-state index in [0.717, 1.165) is 25.7 Å². The lowest BCUT2D eigenvalue weighted by molar-refractivity contribution is 0.00542. The van der Waals surface area contributed by atoms with Crippen LogP contribution in [0.5, 0.6) is 0 Å². The zero-order chi connectivity index (χ0) is 9.73. The maximum Gasteiger partial charge on any atom is 0.0774 e. The minimum Gasteiger partial charge on any atom is -0.391 e. The molecule has 1 aliphatic carbocycles. The molecule has 0 aromatic carbocycles. The van der Waals surface area contributed by atoms with E-state index < -0.39 is 11.7 Å². The van der Waals surface area contributed by atoms with Crippen molar-refractivity contribution in [1.29, 1.82) is 0 Å². The lowest BCUT2D eigenvalue weighted by Gasteiger charge is -2.23. The summed E-state index contributed by atoms with van der Waals surface area (Å²) in [5, 5.41) is 19.3. The van der Waals surface area contributed by atoms with E-state index in [9.17, 15) is 10.2 Å². The quantitative estimate of drug-likeness (QED) is 0.678. The molecule has 3 heteroatoms. The Morgan fingerprint density at radius 1 is 1.38 bits per heavy atom. The van der Waals surface area contributed by atoms with Gasteiger partial charge < -0.3 is 14.9 Å². The Morgan fingerprint density at radius 2 is 2.00 bits per heavy atom. The normalized spacial score (nSPS) is 23.3. The molecule has 1 rings (SSSR count). The molecule has 0 spiro atoms. The predicted molar refractivity (Wildman–Crippen MR) is 50.5 cm³/mol. The standard InChI is InChI=1S/C10H20O3/c1-13-8-9(11)4-7-10(12)5-2-3-6-10/h9,11-12H,2-8H2,1H3. The van der Waals surface area contributed by atoms with Gasteiger partial charge in [0.15, 0.2) is 0 Å². The van der Waals surface area contributed by atoms with Gasteiger partial charge in [-0.15, -0.1) is 0 Å². The third kappa shape index (κ3) is 3.63. The van der Waals surface area contributed by atoms with E-state index in [4.69, 9.17) is 4.74 Å². The molecule has 0 aromatic rings. The average molecular weight is 188 g/mol. The highest BCUT2D eigenvalue weighted by molar-refractivity contribution is 4.84. The van der Waals surface area contributed by atoms with E-state index in [0.29, 0.717) is 19.4 Å². The number of aliphatic hydroxyl groups excluding tert-OH is 1. The van der Waals surface area contributed by atoms with Gasteiger partial charge in [0, 0.05) is 7.11 Å². The zero-order valence-electron chi connectivity index (χ0n) is 8.33. The molecule has 3 nitrogen and oxygen atoms in total. The van der Waals surface area contributed by atoms with Gasteiger partial charge in [-0.3, -0.25) is 0 Å².